The normalized spacial score (nSPS) is 17.2. The minimum absolute atomic E-state index is 0.675. The SMILES string of the molecule is c1ncnc(NCCCN2CCCCC2)n1. The molecule has 88 valence electrons. The minimum atomic E-state index is 0.675. The molecule has 0 aliphatic carbocycles. The largest absolute Gasteiger partial charge is 0.354 e. The van der Waals surface area contributed by atoms with E-state index in [1.165, 1.54) is 51.6 Å². The van der Waals surface area contributed by atoms with E-state index in [-0.39, 0.29) is 0 Å². The average Bonchev–Trinajstić information content (AvgIpc) is 2.37. The number of piperidine rings is 1. The van der Waals surface area contributed by atoms with Gasteiger partial charge in [0.15, 0.2) is 0 Å². The molecule has 0 radical (unpaired) electrons. The maximum atomic E-state index is 4.02. The van der Waals surface area contributed by atoms with Crippen LogP contribution in [0.15, 0.2) is 12.7 Å². The highest BCUT2D eigenvalue weighted by Gasteiger charge is 2.08. The lowest BCUT2D eigenvalue weighted by molar-refractivity contribution is 0.228. The third-order valence-corrected chi connectivity index (χ3v) is 2.88. The van der Waals surface area contributed by atoms with Crippen molar-refractivity contribution in [1.82, 2.24) is 19.9 Å². The summed E-state index contributed by atoms with van der Waals surface area (Å²) in [5.74, 6) is 0.675. The van der Waals surface area contributed by atoms with Crippen LogP contribution in [-0.4, -0.2) is 46.0 Å². The Balaban J connectivity index is 1.58. The molecular weight excluding hydrogens is 202 g/mol. The van der Waals surface area contributed by atoms with E-state index in [0.717, 1.165) is 13.0 Å². The number of nitrogens with one attached hydrogen (secondary N) is 1. The summed E-state index contributed by atoms with van der Waals surface area (Å²) in [6.07, 6.45) is 8.30. The van der Waals surface area contributed by atoms with E-state index in [4.69, 9.17) is 0 Å². The molecule has 0 spiro atoms. The number of aromatic nitrogens is 3. The lowest BCUT2D eigenvalue weighted by atomic mass is 10.1. The molecule has 1 aromatic heterocycles. The minimum Gasteiger partial charge on any atom is -0.354 e. The molecule has 0 atom stereocenters. The average molecular weight is 221 g/mol. The Morgan fingerprint density at radius 1 is 1.12 bits per heavy atom. The van der Waals surface area contributed by atoms with Crippen molar-refractivity contribution in [3.8, 4) is 0 Å². The number of anilines is 1. The Bertz CT molecular complexity index is 284. The monoisotopic (exact) mass is 221 g/mol. The zero-order chi connectivity index (χ0) is 11.1. The second-order valence-corrected chi connectivity index (χ2v) is 4.14. The van der Waals surface area contributed by atoms with Crippen molar-refractivity contribution >= 4 is 5.95 Å². The van der Waals surface area contributed by atoms with Gasteiger partial charge < -0.3 is 10.2 Å². The van der Waals surface area contributed by atoms with Crippen LogP contribution in [0, 0.1) is 0 Å². The summed E-state index contributed by atoms with van der Waals surface area (Å²) in [4.78, 5) is 14.3. The van der Waals surface area contributed by atoms with Gasteiger partial charge >= 0.3 is 0 Å². The molecule has 1 saturated heterocycles. The molecule has 1 aliphatic heterocycles. The van der Waals surface area contributed by atoms with Gasteiger partial charge in [0.25, 0.3) is 0 Å². The van der Waals surface area contributed by atoms with Crippen molar-refractivity contribution in [1.29, 1.82) is 0 Å². The molecule has 5 heteroatoms. The van der Waals surface area contributed by atoms with Gasteiger partial charge in [-0.25, -0.2) is 15.0 Å². The van der Waals surface area contributed by atoms with Crippen molar-refractivity contribution in [2.45, 2.75) is 25.7 Å². The predicted octanol–water partition coefficient (Wildman–Crippen LogP) is 1.16. The third kappa shape index (κ3) is 3.73. The first-order chi connectivity index (χ1) is 7.95. The topological polar surface area (TPSA) is 53.9 Å². The van der Waals surface area contributed by atoms with Gasteiger partial charge in [-0.15, -0.1) is 0 Å². The lowest BCUT2D eigenvalue weighted by Gasteiger charge is -2.26. The summed E-state index contributed by atoms with van der Waals surface area (Å²) in [7, 11) is 0. The summed E-state index contributed by atoms with van der Waals surface area (Å²) >= 11 is 0. The van der Waals surface area contributed by atoms with Crippen LogP contribution < -0.4 is 5.32 Å². The Morgan fingerprint density at radius 2 is 1.88 bits per heavy atom. The predicted molar refractivity (Wildman–Crippen MR) is 63.2 cm³/mol. The fourth-order valence-corrected chi connectivity index (χ4v) is 2.02. The van der Waals surface area contributed by atoms with Crippen LogP contribution in [0.5, 0.6) is 0 Å². The fraction of sp³-hybridized carbons (Fsp3) is 0.727. The smallest absolute Gasteiger partial charge is 0.225 e. The van der Waals surface area contributed by atoms with Gasteiger partial charge in [0, 0.05) is 6.54 Å². The Morgan fingerprint density at radius 3 is 2.62 bits per heavy atom. The van der Waals surface area contributed by atoms with E-state index >= 15 is 0 Å². The highest BCUT2D eigenvalue weighted by molar-refractivity contribution is 5.19. The maximum Gasteiger partial charge on any atom is 0.225 e. The molecule has 0 amide bonds. The van der Waals surface area contributed by atoms with Crippen LogP contribution in [0.1, 0.15) is 25.7 Å². The van der Waals surface area contributed by atoms with Crippen LogP contribution in [0.25, 0.3) is 0 Å². The van der Waals surface area contributed by atoms with E-state index in [2.05, 4.69) is 25.2 Å². The number of hydrogen-bond donors (Lipinski definition) is 1. The summed E-state index contributed by atoms with van der Waals surface area (Å²) in [5, 5.41) is 3.20. The Kier molecular flexibility index (Phi) is 4.49. The summed E-state index contributed by atoms with van der Waals surface area (Å²) in [6.45, 7) is 4.65. The molecule has 0 bridgehead atoms. The number of hydrogen-bond acceptors (Lipinski definition) is 5. The van der Waals surface area contributed by atoms with Crippen molar-refractivity contribution in [2.24, 2.45) is 0 Å². The van der Waals surface area contributed by atoms with Crippen LogP contribution in [0.4, 0.5) is 5.95 Å². The van der Waals surface area contributed by atoms with E-state index in [1.807, 2.05) is 0 Å². The highest BCUT2D eigenvalue weighted by Crippen LogP contribution is 2.08. The van der Waals surface area contributed by atoms with E-state index in [1.54, 1.807) is 0 Å². The van der Waals surface area contributed by atoms with Gasteiger partial charge in [0.2, 0.25) is 5.95 Å². The molecular formula is C11H19N5. The Labute approximate surface area is 96.3 Å². The highest BCUT2D eigenvalue weighted by atomic mass is 15.1. The summed E-state index contributed by atoms with van der Waals surface area (Å²) in [6, 6.07) is 0. The van der Waals surface area contributed by atoms with Crippen molar-refractivity contribution < 1.29 is 0 Å². The van der Waals surface area contributed by atoms with Gasteiger partial charge in [0.1, 0.15) is 12.7 Å². The lowest BCUT2D eigenvalue weighted by Crippen LogP contribution is -2.31. The second kappa shape index (κ2) is 6.37. The number of likely N-dealkylation sites (tertiary alicyclic amines) is 1. The molecule has 1 N–H and O–H groups in total. The molecule has 2 rings (SSSR count). The van der Waals surface area contributed by atoms with Crippen LogP contribution in [0.2, 0.25) is 0 Å². The number of nitrogens with zero attached hydrogens (tertiary/aromatic N) is 4. The van der Waals surface area contributed by atoms with Crippen LogP contribution in [0.3, 0.4) is 0 Å². The first-order valence-electron chi connectivity index (χ1n) is 6.03. The van der Waals surface area contributed by atoms with Crippen molar-refractivity contribution in [3.05, 3.63) is 12.7 Å². The van der Waals surface area contributed by atoms with Crippen molar-refractivity contribution in [2.75, 3.05) is 31.5 Å². The zero-order valence-corrected chi connectivity index (χ0v) is 9.60. The van der Waals surface area contributed by atoms with Gasteiger partial charge in [-0.1, -0.05) is 6.42 Å². The molecule has 1 fully saturated rings. The van der Waals surface area contributed by atoms with E-state index < -0.39 is 0 Å². The molecule has 2 heterocycles. The quantitative estimate of drug-likeness (QED) is 0.756. The third-order valence-electron chi connectivity index (χ3n) is 2.88. The first-order valence-corrected chi connectivity index (χ1v) is 6.03. The molecule has 0 saturated carbocycles. The molecule has 16 heavy (non-hydrogen) atoms. The Hall–Kier alpha value is -1.23. The van der Waals surface area contributed by atoms with Gasteiger partial charge in [0.05, 0.1) is 0 Å². The fourth-order valence-electron chi connectivity index (χ4n) is 2.02. The van der Waals surface area contributed by atoms with Gasteiger partial charge in [-0.05, 0) is 38.9 Å². The van der Waals surface area contributed by atoms with Crippen LogP contribution >= 0.6 is 0 Å². The number of rotatable bonds is 5. The van der Waals surface area contributed by atoms with Gasteiger partial charge in [-0.3, -0.25) is 0 Å². The molecule has 1 aromatic rings. The summed E-state index contributed by atoms with van der Waals surface area (Å²) < 4.78 is 0. The maximum absolute atomic E-state index is 4.02. The van der Waals surface area contributed by atoms with Crippen molar-refractivity contribution in [3.63, 3.8) is 0 Å². The zero-order valence-electron chi connectivity index (χ0n) is 9.60. The van der Waals surface area contributed by atoms with E-state index in [9.17, 15) is 0 Å². The standard InChI is InChI=1S/C11H19N5/c1-2-6-16(7-3-1)8-4-5-13-11-14-9-12-10-15-11/h9-10H,1-8H2,(H,12,13,14,15). The molecule has 1 aliphatic rings. The van der Waals surface area contributed by atoms with Gasteiger partial charge in [-0.2, -0.15) is 0 Å². The van der Waals surface area contributed by atoms with Crippen LogP contribution in [-0.2, 0) is 0 Å². The summed E-state index contributed by atoms with van der Waals surface area (Å²) in [5.41, 5.74) is 0. The molecule has 5 nitrogen and oxygen atoms in total. The second-order valence-electron chi connectivity index (χ2n) is 4.14. The molecule has 0 unspecified atom stereocenters. The van der Waals surface area contributed by atoms with E-state index in [0.29, 0.717) is 5.95 Å². The molecule has 0 aromatic carbocycles. The first kappa shape index (κ1) is 11.3.